The maximum absolute atomic E-state index is 13.3. The number of nitrogens with zero attached hydrogens (tertiary/aromatic N) is 2. The number of fused-ring (bicyclic) bond motifs is 1. The van der Waals surface area contributed by atoms with Crippen molar-refractivity contribution in [1.82, 2.24) is 4.90 Å². The number of aryl methyl sites for hydroxylation is 1. The van der Waals surface area contributed by atoms with E-state index in [1.54, 1.807) is 52.6 Å². The number of amides is 1. The molecule has 0 unspecified atom stereocenters. The summed E-state index contributed by atoms with van der Waals surface area (Å²) in [5.74, 6) is 0.542. The maximum atomic E-state index is 13.3. The second kappa shape index (κ2) is 8.96. The number of hydrogen-bond acceptors (Lipinski definition) is 5. The van der Waals surface area contributed by atoms with Crippen LogP contribution in [0.1, 0.15) is 33.3 Å². The van der Waals surface area contributed by atoms with Crippen LogP contribution < -0.4 is 9.04 Å². The van der Waals surface area contributed by atoms with Gasteiger partial charge in [-0.25, -0.2) is 8.42 Å². The molecule has 1 aliphatic heterocycles. The number of thiophene rings is 1. The monoisotopic (exact) mass is 470 g/mol. The van der Waals surface area contributed by atoms with Gasteiger partial charge >= 0.3 is 0 Å². The molecule has 0 saturated heterocycles. The van der Waals surface area contributed by atoms with Gasteiger partial charge in [0.15, 0.2) is 0 Å². The predicted octanol–water partition coefficient (Wildman–Crippen LogP) is 4.48. The molecule has 2 heterocycles. The van der Waals surface area contributed by atoms with Crippen LogP contribution >= 0.6 is 11.3 Å². The quantitative estimate of drug-likeness (QED) is 0.533. The van der Waals surface area contributed by atoms with Crippen molar-refractivity contribution in [3.05, 3.63) is 75.5 Å². The summed E-state index contributed by atoms with van der Waals surface area (Å²) in [4.78, 5) is 16.5. The lowest BCUT2D eigenvalue weighted by Gasteiger charge is -2.28. The average molecular weight is 471 g/mol. The zero-order valence-electron chi connectivity index (χ0n) is 18.4. The molecule has 0 atom stereocenters. The Morgan fingerprint density at radius 1 is 1.16 bits per heavy atom. The van der Waals surface area contributed by atoms with E-state index < -0.39 is 10.0 Å². The zero-order chi connectivity index (χ0) is 22.9. The van der Waals surface area contributed by atoms with Crippen LogP contribution in [-0.4, -0.2) is 39.4 Å². The number of sulfonamides is 1. The molecule has 6 nitrogen and oxygen atoms in total. The third-order valence-corrected chi connectivity index (χ3v) is 8.51. The molecule has 1 aliphatic rings. The van der Waals surface area contributed by atoms with E-state index in [0.29, 0.717) is 36.7 Å². The van der Waals surface area contributed by atoms with Crippen LogP contribution in [-0.2, 0) is 23.0 Å². The van der Waals surface area contributed by atoms with Crippen molar-refractivity contribution in [3.63, 3.8) is 0 Å². The maximum Gasteiger partial charge on any atom is 0.264 e. The van der Waals surface area contributed by atoms with Crippen molar-refractivity contribution in [1.29, 1.82) is 0 Å². The van der Waals surface area contributed by atoms with E-state index in [2.05, 4.69) is 6.07 Å². The highest BCUT2D eigenvalue weighted by Crippen LogP contribution is 2.28. The van der Waals surface area contributed by atoms with E-state index in [0.717, 1.165) is 12.0 Å². The van der Waals surface area contributed by atoms with E-state index >= 15 is 0 Å². The molecule has 1 aromatic heterocycles. The molecule has 0 radical (unpaired) electrons. The molecule has 0 spiro atoms. The van der Waals surface area contributed by atoms with Gasteiger partial charge < -0.3 is 9.64 Å². The topological polar surface area (TPSA) is 66.9 Å². The Labute approximate surface area is 193 Å². The van der Waals surface area contributed by atoms with Crippen LogP contribution in [0.4, 0.5) is 5.69 Å². The number of ether oxygens (including phenoxy) is 1. The lowest BCUT2D eigenvalue weighted by molar-refractivity contribution is 0.0735. The summed E-state index contributed by atoms with van der Waals surface area (Å²) < 4.78 is 33.3. The lowest BCUT2D eigenvalue weighted by atomic mass is 10.0. The molecule has 0 aliphatic carbocycles. The summed E-state index contributed by atoms with van der Waals surface area (Å²) >= 11 is 1.72. The summed E-state index contributed by atoms with van der Waals surface area (Å²) in [6.45, 7) is 5.46. The lowest BCUT2D eigenvalue weighted by Crippen LogP contribution is -2.36. The first-order chi connectivity index (χ1) is 15.3. The van der Waals surface area contributed by atoms with E-state index in [9.17, 15) is 13.2 Å². The Kier molecular flexibility index (Phi) is 6.26. The number of carbonyl (C=O) groups is 1. The smallest absolute Gasteiger partial charge is 0.264 e. The second-order valence-corrected chi connectivity index (χ2v) is 10.7. The molecular formula is C24H26N2O4S2. The van der Waals surface area contributed by atoms with Gasteiger partial charge in [-0.3, -0.25) is 9.10 Å². The minimum absolute atomic E-state index is 0.0936. The van der Waals surface area contributed by atoms with Crippen molar-refractivity contribution in [2.24, 2.45) is 0 Å². The van der Waals surface area contributed by atoms with E-state index in [1.165, 1.54) is 27.9 Å². The third-order valence-electron chi connectivity index (χ3n) is 5.70. The van der Waals surface area contributed by atoms with Gasteiger partial charge in [-0.05, 0) is 79.2 Å². The highest BCUT2D eigenvalue weighted by molar-refractivity contribution is 7.92. The molecule has 0 bridgehead atoms. The fraction of sp³-hybridized carbons (Fsp3) is 0.292. The summed E-state index contributed by atoms with van der Waals surface area (Å²) in [7, 11) is -2.33. The number of anilines is 1. The largest absolute Gasteiger partial charge is 0.494 e. The first-order valence-electron chi connectivity index (χ1n) is 10.5. The molecule has 3 aromatic rings. The first-order valence-corrected chi connectivity index (χ1v) is 12.8. The van der Waals surface area contributed by atoms with Crippen molar-refractivity contribution in [3.8, 4) is 5.75 Å². The molecule has 0 saturated carbocycles. The molecule has 2 aromatic carbocycles. The van der Waals surface area contributed by atoms with Gasteiger partial charge in [-0.1, -0.05) is 6.07 Å². The zero-order valence-corrected chi connectivity index (χ0v) is 20.0. The summed E-state index contributed by atoms with van der Waals surface area (Å²) in [6.07, 6.45) is 0.830. The Bertz CT molecular complexity index is 1230. The first kappa shape index (κ1) is 22.4. The molecule has 4 rings (SSSR count). The van der Waals surface area contributed by atoms with Crippen molar-refractivity contribution >= 4 is 33.0 Å². The minimum atomic E-state index is -3.84. The fourth-order valence-corrected chi connectivity index (χ4v) is 5.91. The molecular weight excluding hydrogens is 444 g/mol. The average Bonchev–Trinajstić information content (AvgIpc) is 3.27. The number of hydrogen-bond donors (Lipinski definition) is 0. The molecule has 1 amide bonds. The van der Waals surface area contributed by atoms with Crippen LogP contribution in [0.15, 0.2) is 58.8 Å². The Balaban J connectivity index is 1.60. The van der Waals surface area contributed by atoms with Gasteiger partial charge in [0.25, 0.3) is 15.9 Å². The highest BCUT2D eigenvalue weighted by atomic mass is 32.2. The van der Waals surface area contributed by atoms with Crippen molar-refractivity contribution in [2.45, 2.75) is 31.7 Å². The van der Waals surface area contributed by atoms with Gasteiger partial charge in [-0.15, -0.1) is 11.3 Å². The summed E-state index contributed by atoms with van der Waals surface area (Å²) in [5, 5.41) is 2.05. The standard InChI is InChI=1S/C24H26N2O4S2/c1-4-30-20-8-6-19(7-9-20)25(3)32(28,29)21-10-5-17(2)22(15-21)24(27)26-13-11-23-18(16-26)12-14-31-23/h5-10,12,14-15H,4,11,13,16H2,1-3H3. The number of benzene rings is 2. The Morgan fingerprint density at radius 2 is 1.91 bits per heavy atom. The van der Waals surface area contributed by atoms with Gasteiger partial charge in [-0.2, -0.15) is 0 Å². The third kappa shape index (κ3) is 4.25. The van der Waals surface area contributed by atoms with Crippen LogP contribution in [0.5, 0.6) is 5.75 Å². The predicted molar refractivity (Wildman–Crippen MR) is 127 cm³/mol. The molecule has 8 heteroatoms. The van der Waals surface area contributed by atoms with E-state index in [4.69, 9.17) is 4.74 Å². The van der Waals surface area contributed by atoms with Crippen molar-refractivity contribution in [2.75, 3.05) is 24.5 Å². The molecule has 0 fully saturated rings. The Morgan fingerprint density at radius 3 is 2.62 bits per heavy atom. The number of rotatable bonds is 6. The Hall–Kier alpha value is -2.84. The van der Waals surface area contributed by atoms with E-state index in [1.807, 2.05) is 19.2 Å². The van der Waals surface area contributed by atoms with Crippen LogP contribution in [0, 0.1) is 6.92 Å². The molecule has 168 valence electrons. The van der Waals surface area contributed by atoms with E-state index in [-0.39, 0.29) is 10.8 Å². The summed E-state index contributed by atoms with van der Waals surface area (Å²) in [5.41, 5.74) is 2.87. The van der Waals surface area contributed by atoms with Gasteiger partial charge in [0.05, 0.1) is 17.2 Å². The molecule has 32 heavy (non-hydrogen) atoms. The van der Waals surface area contributed by atoms with Gasteiger partial charge in [0.1, 0.15) is 5.75 Å². The van der Waals surface area contributed by atoms with Gasteiger partial charge in [0.2, 0.25) is 0 Å². The SMILES string of the molecule is CCOc1ccc(N(C)S(=O)(=O)c2ccc(C)c(C(=O)N3CCc4sccc4C3)c2)cc1. The van der Waals surface area contributed by atoms with Crippen LogP contribution in [0.2, 0.25) is 0 Å². The number of carbonyl (C=O) groups excluding carboxylic acids is 1. The molecule has 0 N–H and O–H groups in total. The van der Waals surface area contributed by atoms with Crippen LogP contribution in [0.25, 0.3) is 0 Å². The second-order valence-electron chi connectivity index (χ2n) is 7.72. The minimum Gasteiger partial charge on any atom is -0.494 e. The van der Waals surface area contributed by atoms with Crippen molar-refractivity contribution < 1.29 is 17.9 Å². The van der Waals surface area contributed by atoms with Crippen LogP contribution in [0.3, 0.4) is 0 Å². The normalized spacial score (nSPS) is 13.5. The summed E-state index contributed by atoms with van der Waals surface area (Å²) in [6, 6.07) is 13.7. The highest BCUT2D eigenvalue weighted by Gasteiger charge is 2.27. The fourth-order valence-electron chi connectivity index (χ4n) is 3.80. The van der Waals surface area contributed by atoms with Gasteiger partial charge in [0, 0.05) is 30.6 Å².